The number of alkyl halides is 1. The molecule has 3 saturated carbocycles. The number of halogens is 1. The lowest BCUT2D eigenvalue weighted by atomic mass is 9.60. The van der Waals surface area contributed by atoms with Gasteiger partial charge in [-0.15, -0.1) is 0 Å². The summed E-state index contributed by atoms with van der Waals surface area (Å²) in [5, 5.41) is 12.0. The molecule has 1 heterocycles. The van der Waals surface area contributed by atoms with Gasteiger partial charge in [-0.25, -0.2) is 17.1 Å². The van der Waals surface area contributed by atoms with Gasteiger partial charge in [0.15, 0.2) is 0 Å². The molecule has 4 fully saturated rings. The highest BCUT2D eigenvalue weighted by molar-refractivity contribution is 7.88. The summed E-state index contributed by atoms with van der Waals surface area (Å²) in [7, 11) is -3.16. The third-order valence-corrected chi connectivity index (χ3v) is 10.6. The number of hydrogen-bond donors (Lipinski definition) is 2. The summed E-state index contributed by atoms with van der Waals surface area (Å²) in [5.41, 5.74) is 0.0730. The first-order valence-corrected chi connectivity index (χ1v) is 15.0. The van der Waals surface area contributed by atoms with Crippen LogP contribution in [0.2, 0.25) is 0 Å². The molecule has 4 rings (SSSR count). The normalized spacial score (nSPS) is 40.4. The largest absolute Gasteiger partial charge is 0.313 e. The Morgan fingerprint density at radius 2 is 1.78 bits per heavy atom. The van der Waals surface area contributed by atoms with Crippen molar-refractivity contribution in [2.75, 3.05) is 19.3 Å². The SMILES string of the molecule is CS(=O)(=O)N1CCC(CC2CCCCC2)(C2CCC(NC3CCC(F)CC3)C(C=N)C2)C1. The van der Waals surface area contributed by atoms with Crippen molar-refractivity contribution in [1.29, 1.82) is 5.41 Å². The Balaban J connectivity index is 1.45. The highest BCUT2D eigenvalue weighted by atomic mass is 32.2. The molecular formula is C25H44FN3O2S. The molecule has 1 aliphatic heterocycles. The second kappa shape index (κ2) is 10.4. The van der Waals surface area contributed by atoms with Crippen LogP contribution in [-0.2, 0) is 10.0 Å². The molecular weight excluding hydrogens is 425 g/mol. The topological polar surface area (TPSA) is 73.3 Å². The standard InChI is InChI=1S/C25H44FN3O2S/c1-32(30,31)29-14-13-25(18-29,16-19-5-3-2-4-6-19)21-7-12-24(20(15-21)17-27)28-23-10-8-22(26)9-11-23/h17,19-24,27-28H,2-16,18H2,1H3. The van der Waals surface area contributed by atoms with E-state index in [2.05, 4.69) is 5.32 Å². The van der Waals surface area contributed by atoms with E-state index in [1.54, 1.807) is 10.5 Å². The molecule has 4 aliphatic rings. The van der Waals surface area contributed by atoms with E-state index in [1.807, 2.05) is 0 Å². The van der Waals surface area contributed by atoms with Crippen LogP contribution in [0, 0.1) is 28.6 Å². The fourth-order valence-corrected chi connectivity index (χ4v) is 8.36. The predicted molar refractivity (Wildman–Crippen MR) is 128 cm³/mol. The van der Waals surface area contributed by atoms with Gasteiger partial charge in [0.05, 0.1) is 6.26 Å². The first-order chi connectivity index (χ1) is 15.3. The quantitative estimate of drug-likeness (QED) is 0.520. The minimum absolute atomic E-state index is 0.0730. The Morgan fingerprint density at radius 1 is 1.06 bits per heavy atom. The predicted octanol–water partition coefficient (Wildman–Crippen LogP) is 4.91. The Kier molecular flexibility index (Phi) is 7.98. The van der Waals surface area contributed by atoms with Crippen LogP contribution in [0.15, 0.2) is 0 Å². The van der Waals surface area contributed by atoms with Gasteiger partial charge < -0.3 is 10.7 Å². The molecule has 0 amide bonds. The van der Waals surface area contributed by atoms with Crippen molar-refractivity contribution in [3.8, 4) is 0 Å². The highest BCUT2D eigenvalue weighted by Crippen LogP contribution is 2.52. The van der Waals surface area contributed by atoms with E-state index in [0.717, 1.165) is 50.9 Å². The minimum atomic E-state index is -3.16. The summed E-state index contributed by atoms with van der Waals surface area (Å²) in [5.74, 6) is 1.42. The van der Waals surface area contributed by atoms with Crippen molar-refractivity contribution in [1.82, 2.24) is 9.62 Å². The second-order valence-electron chi connectivity index (χ2n) is 11.5. The molecule has 5 nitrogen and oxygen atoms in total. The first-order valence-electron chi connectivity index (χ1n) is 13.1. The number of hydrogen-bond acceptors (Lipinski definition) is 4. The van der Waals surface area contributed by atoms with Gasteiger partial charge >= 0.3 is 0 Å². The van der Waals surface area contributed by atoms with Crippen molar-refractivity contribution in [3.05, 3.63) is 0 Å². The van der Waals surface area contributed by atoms with Crippen LogP contribution in [-0.4, -0.2) is 56.5 Å². The van der Waals surface area contributed by atoms with Crippen molar-refractivity contribution in [2.24, 2.45) is 23.2 Å². The maximum Gasteiger partial charge on any atom is 0.211 e. The fraction of sp³-hybridized carbons (Fsp3) is 0.960. The molecule has 0 radical (unpaired) electrons. The highest BCUT2D eigenvalue weighted by Gasteiger charge is 2.49. The van der Waals surface area contributed by atoms with Crippen LogP contribution < -0.4 is 5.32 Å². The zero-order valence-corrected chi connectivity index (χ0v) is 20.7. The molecule has 7 heteroatoms. The van der Waals surface area contributed by atoms with Gasteiger partial charge in [-0.3, -0.25) is 0 Å². The van der Waals surface area contributed by atoms with Gasteiger partial charge in [-0.2, -0.15) is 0 Å². The number of nitrogens with one attached hydrogen (secondary N) is 2. The molecule has 2 N–H and O–H groups in total. The van der Waals surface area contributed by atoms with Gasteiger partial charge in [-0.1, -0.05) is 32.1 Å². The molecule has 0 bridgehead atoms. The molecule has 32 heavy (non-hydrogen) atoms. The van der Waals surface area contributed by atoms with Crippen molar-refractivity contribution >= 4 is 16.2 Å². The average molecular weight is 470 g/mol. The van der Waals surface area contributed by atoms with Gasteiger partial charge in [0.25, 0.3) is 0 Å². The lowest BCUT2D eigenvalue weighted by Gasteiger charge is -2.47. The molecule has 0 spiro atoms. The lowest BCUT2D eigenvalue weighted by molar-refractivity contribution is 0.0646. The van der Waals surface area contributed by atoms with E-state index in [9.17, 15) is 12.8 Å². The van der Waals surface area contributed by atoms with E-state index in [0.29, 0.717) is 43.9 Å². The lowest BCUT2D eigenvalue weighted by Crippen LogP contribution is -2.50. The van der Waals surface area contributed by atoms with Crippen LogP contribution in [0.3, 0.4) is 0 Å². The van der Waals surface area contributed by atoms with Crippen LogP contribution in [0.25, 0.3) is 0 Å². The summed E-state index contributed by atoms with van der Waals surface area (Å²) < 4.78 is 40.0. The summed E-state index contributed by atoms with van der Waals surface area (Å²) in [6.45, 7) is 1.34. The molecule has 1 saturated heterocycles. The maximum atomic E-state index is 13.5. The van der Waals surface area contributed by atoms with Gasteiger partial charge in [0.1, 0.15) is 6.17 Å². The second-order valence-corrected chi connectivity index (χ2v) is 13.5. The molecule has 0 aromatic heterocycles. The first kappa shape index (κ1) is 24.6. The molecule has 4 unspecified atom stereocenters. The average Bonchev–Trinajstić information content (AvgIpc) is 3.22. The van der Waals surface area contributed by atoms with E-state index >= 15 is 0 Å². The molecule has 0 aromatic carbocycles. The van der Waals surface area contributed by atoms with Gasteiger partial charge in [0, 0.05) is 31.1 Å². The Bertz CT molecular complexity index is 733. The molecule has 3 aliphatic carbocycles. The Labute approximate surface area is 194 Å². The number of nitrogens with zero attached hydrogens (tertiary/aromatic N) is 1. The van der Waals surface area contributed by atoms with Crippen LogP contribution in [0.5, 0.6) is 0 Å². The van der Waals surface area contributed by atoms with Gasteiger partial charge in [0.2, 0.25) is 10.0 Å². The summed E-state index contributed by atoms with van der Waals surface area (Å²) in [6.07, 6.45) is 17.3. The Morgan fingerprint density at radius 3 is 2.41 bits per heavy atom. The van der Waals surface area contributed by atoms with E-state index < -0.39 is 16.2 Å². The van der Waals surface area contributed by atoms with Crippen molar-refractivity contribution in [3.63, 3.8) is 0 Å². The van der Waals surface area contributed by atoms with E-state index in [-0.39, 0.29) is 11.3 Å². The van der Waals surface area contributed by atoms with E-state index in [1.165, 1.54) is 38.4 Å². The fourth-order valence-electron chi connectivity index (χ4n) is 7.45. The summed E-state index contributed by atoms with van der Waals surface area (Å²) in [6, 6.07) is 0.693. The third kappa shape index (κ3) is 5.75. The van der Waals surface area contributed by atoms with E-state index in [4.69, 9.17) is 5.41 Å². The van der Waals surface area contributed by atoms with Crippen LogP contribution in [0.4, 0.5) is 4.39 Å². The maximum absolute atomic E-state index is 13.5. The van der Waals surface area contributed by atoms with Crippen molar-refractivity contribution < 1.29 is 12.8 Å². The third-order valence-electron chi connectivity index (χ3n) is 9.33. The molecule has 4 atom stereocenters. The smallest absolute Gasteiger partial charge is 0.211 e. The Hall–Kier alpha value is -0.530. The van der Waals surface area contributed by atoms with Crippen LogP contribution >= 0.6 is 0 Å². The van der Waals surface area contributed by atoms with Crippen molar-refractivity contribution in [2.45, 2.75) is 108 Å². The zero-order chi connectivity index (χ0) is 22.8. The summed E-state index contributed by atoms with van der Waals surface area (Å²) in [4.78, 5) is 0. The van der Waals surface area contributed by atoms with Crippen LogP contribution in [0.1, 0.15) is 89.9 Å². The molecule has 0 aromatic rings. The zero-order valence-electron chi connectivity index (χ0n) is 19.9. The summed E-state index contributed by atoms with van der Waals surface area (Å²) >= 11 is 0. The molecule has 184 valence electrons. The number of rotatable bonds is 7. The van der Waals surface area contributed by atoms with Gasteiger partial charge in [-0.05, 0) is 81.3 Å². The number of sulfonamides is 1. The minimum Gasteiger partial charge on any atom is -0.313 e. The monoisotopic (exact) mass is 469 g/mol.